The number of nitrogens with one attached hydrogen (secondary N) is 1. The van der Waals surface area contributed by atoms with E-state index in [2.05, 4.69) is 5.32 Å². The first kappa shape index (κ1) is 26.3. The first-order chi connectivity index (χ1) is 16.6. The van der Waals surface area contributed by atoms with Crippen molar-refractivity contribution in [1.82, 2.24) is 10.2 Å². The van der Waals surface area contributed by atoms with Gasteiger partial charge in [-0.05, 0) is 68.7 Å². The summed E-state index contributed by atoms with van der Waals surface area (Å²) in [5, 5.41) is 3.67. The van der Waals surface area contributed by atoms with Gasteiger partial charge < -0.3 is 15.0 Å². The van der Waals surface area contributed by atoms with Gasteiger partial charge in [-0.25, -0.2) is 0 Å². The molecule has 1 atom stereocenters. The van der Waals surface area contributed by atoms with Crippen molar-refractivity contribution < 1.29 is 14.3 Å². The molecule has 0 aliphatic heterocycles. The SMILES string of the molecule is Cc1cccc(OCC(=O)N(Cc2ccc(Cl)cc2)[C@@H](Cc2ccccc2)C(=O)NC(C)(C)C)c1. The smallest absolute Gasteiger partial charge is 0.261 e. The normalized spacial score (nSPS) is 12.0. The molecular formula is C29H33ClN2O3. The number of halogens is 1. The summed E-state index contributed by atoms with van der Waals surface area (Å²) in [6.07, 6.45) is 0.381. The third-order valence-corrected chi connectivity index (χ3v) is 5.64. The van der Waals surface area contributed by atoms with Gasteiger partial charge in [0.05, 0.1) is 0 Å². The van der Waals surface area contributed by atoms with Gasteiger partial charge in [-0.15, -0.1) is 0 Å². The van der Waals surface area contributed by atoms with Crippen LogP contribution >= 0.6 is 11.6 Å². The second kappa shape index (κ2) is 11.9. The molecule has 2 amide bonds. The molecule has 0 fully saturated rings. The van der Waals surface area contributed by atoms with Crippen molar-refractivity contribution in [1.29, 1.82) is 0 Å². The van der Waals surface area contributed by atoms with Crippen LogP contribution < -0.4 is 10.1 Å². The number of carbonyl (C=O) groups is 2. The number of ether oxygens (including phenoxy) is 1. The molecule has 1 N–H and O–H groups in total. The fourth-order valence-corrected chi connectivity index (χ4v) is 3.85. The Kier molecular flexibility index (Phi) is 8.94. The summed E-state index contributed by atoms with van der Waals surface area (Å²) in [5.41, 5.74) is 2.44. The number of carbonyl (C=O) groups excluding carboxylic acids is 2. The Morgan fingerprint density at radius 2 is 1.63 bits per heavy atom. The van der Waals surface area contributed by atoms with Crippen molar-refractivity contribution in [3.05, 3.63) is 101 Å². The lowest BCUT2D eigenvalue weighted by molar-refractivity contribution is -0.143. The van der Waals surface area contributed by atoms with E-state index in [4.69, 9.17) is 16.3 Å². The van der Waals surface area contributed by atoms with Gasteiger partial charge >= 0.3 is 0 Å². The topological polar surface area (TPSA) is 58.6 Å². The highest BCUT2D eigenvalue weighted by Crippen LogP contribution is 2.19. The number of amides is 2. The molecule has 0 aromatic heterocycles. The first-order valence-electron chi connectivity index (χ1n) is 11.7. The number of rotatable bonds is 9. The Labute approximate surface area is 213 Å². The molecule has 0 saturated heterocycles. The third-order valence-electron chi connectivity index (χ3n) is 5.39. The fraction of sp³-hybridized carbons (Fsp3) is 0.310. The summed E-state index contributed by atoms with van der Waals surface area (Å²) >= 11 is 6.07. The zero-order chi connectivity index (χ0) is 25.4. The second-order valence-electron chi connectivity index (χ2n) is 9.70. The van der Waals surface area contributed by atoms with E-state index in [1.165, 1.54) is 0 Å². The molecule has 5 nitrogen and oxygen atoms in total. The zero-order valence-corrected chi connectivity index (χ0v) is 21.5. The van der Waals surface area contributed by atoms with Crippen molar-refractivity contribution >= 4 is 23.4 Å². The molecule has 0 unspecified atom stereocenters. The lowest BCUT2D eigenvalue weighted by Crippen LogP contribution is -2.55. The van der Waals surface area contributed by atoms with Crippen LogP contribution in [0.15, 0.2) is 78.9 Å². The van der Waals surface area contributed by atoms with Crippen LogP contribution in [-0.4, -0.2) is 34.9 Å². The van der Waals surface area contributed by atoms with E-state index in [9.17, 15) is 9.59 Å². The van der Waals surface area contributed by atoms with E-state index in [1.807, 2.05) is 94.4 Å². The van der Waals surface area contributed by atoms with Crippen LogP contribution in [0.3, 0.4) is 0 Å². The minimum absolute atomic E-state index is 0.175. The molecule has 0 radical (unpaired) electrons. The highest BCUT2D eigenvalue weighted by Gasteiger charge is 2.32. The van der Waals surface area contributed by atoms with E-state index < -0.39 is 11.6 Å². The second-order valence-corrected chi connectivity index (χ2v) is 10.1. The van der Waals surface area contributed by atoms with Crippen molar-refractivity contribution in [2.45, 2.75) is 52.2 Å². The van der Waals surface area contributed by atoms with Crippen molar-refractivity contribution in [2.75, 3.05) is 6.61 Å². The van der Waals surface area contributed by atoms with Gasteiger partial charge in [0.25, 0.3) is 5.91 Å². The molecule has 0 bridgehead atoms. The summed E-state index contributed by atoms with van der Waals surface area (Å²) in [7, 11) is 0. The lowest BCUT2D eigenvalue weighted by atomic mass is 10.0. The monoisotopic (exact) mass is 492 g/mol. The van der Waals surface area contributed by atoms with E-state index in [1.54, 1.807) is 17.0 Å². The Bertz CT molecular complexity index is 1120. The predicted molar refractivity (Wildman–Crippen MR) is 141 cm³/mol. The summed E-state index contributed by atoms with van der Waals surface area (Å²) < 4.78 is 5.82. The van der Waals surface area contributed by atoms with E-state index in [-0.39, 0.29) is 25.0 Å². The standard InChI is InChI=1S/C29H33ClN2O3/c1-21-9-8-12-25(17-21)35-20-27(33)32(19-23-13-15-24(30)16-14-23)26(28(34)31-29(2,3)4)18-22-10-6-5-7-11-22/h5-17,26H,18-20H2,1-4H3,(H,31,34)/t26-/m0/s1. The summed E-state index contributed by atoms with van der Waals surface area (Å²) in [5.74, 6) is 0.134. The van der Waals surface area contributed by atoms with Crippen LogP contribution in [0.1, 0.15) is 37.5 Å². The Morgan fingerprint density at radius 3 is 2.26 bits per heavy atom. The summed E-state index contributed by atoms with van der Waals surface area (Å²) in [6, 6.07) is 23.8. The van der Waals surface area contributed by atoms with E-state index in [0.29, 0.717) is 17.2 Å². The number of hydrogen-bond acceptors (Lipinski definition) is 3. The van der Waals surface area contributed by atoms with Crippen LogP contribution in [-0.2, 0) is 22.6 Å². The van der Waals surface area contributed by atoms with Gasteiger partial charge in [0.15, 0.2) is 6.61 Å². The van der Waals surface area contributed by atoms with Crippen LogP contribution in [0, 0.1) is 6.92 Å². The molecule has 35 heavy (non-hydrogen) atoms. The van der Waals surface area contributed by atoms with Crippen molar-refractivity contribution in [3.63, 3.8) is 0 Å². The fourth-order valence-electron chi connectivity index (χ4n) is 3.73. The molecular weight excluding hydrogens is 460 g/mol. The summed E-state index contributed by atoms with van der Waals surface area (Å²) in [6.45, 7) is 7.83. The predicted octanol–water partition coefficient (Wildman–Crippen LogP) is 5.58. The number of nitrogens with zero attached hydrogens (tertiary/aromatic N) is 1. The number of hydrogen-bond donors (Lipinski definition) is 1. The number of aryl methyl sites for hydroxylation is 1. The van der Waals surface area contributed by atoms with Crippen LogP contribution in [0.5, 0.6) is 5.75 Å². The Balaban J connectivity index is 1.92. The largest absolute Gasteiger partial charge is 0.484 e. The van der Waals surface area contributed by atoms with Gasteiger partial charge in [0, 0.05) is 23.5 Å². The van der Waals surface area contributed by atoms with E-state index in [0.717, 1.165) is 16.7 Å². The molecule has 184 valence electrons. The molecule has 0 aliphatic rings. The maximum atomic E-state index is 13.6. The average molecular weight is 493 g/mol. The highest BCUT2D eigenvalue weighted by atomic mass is 35.5. The molecule has 0 spiro atoms. The maximum Gasteiger partial charge on any atom is 0.261 e. The average Bonchev–Trinajstić information content (AvgIpc) is 2.80. The molecule has 0 saturated carbocycles. The van der Waals surface area contributed by atoms with Gasteiger partial charge in [-0.1, -0.05) is 66.2 Å². The van der Waals surface area contributed by atoms with Gasteiger partial charge in [-0.2, -0.15) is 0 Å². The molecule has 0 heterocycles. The maximum absolute atomic E-state index is 13.6. The van der Waals surface area contributed by atoms with Gasteiger partial charge in [0.1, 0.15) is 11.8 Å². The zero-order valence-electron chi connectivity index (χ0n) is 20.8. The molecule has 6 heteroatoms. The Morgan fingerprint density at radius 1 is 0.943 bits per heavy atom. The quantitative estimate of drug-likeness (QED) is 0.424. The Hall–Kier alpha value is -3.31. The molecule has 3 rings (SSSR count). The molecule has 3 aromatic rings. The highest BCUT2D eigenvalue weighted by molar-refractivity contribution is 6.30. The lowest BCUT2D eigenvalue weighted by Gasteiger charge is -2.33. The van der Waals surface area contributed by atoms with Gasteiger partial charge in [0.2, 0.25) is 5.91 Å². The van der Waals surface area contributed by atoms with Crippen LogP contribution in [0.4, 0.5) is 0 Å². The van der Waals surface area contributed by atoms with Crippen LogP contribution in [0.2, 0.25) is 5.02 Å². The summed E-state index contributed by atoms with van der Waals surface area (Å²) in [4.78, 5) is 28.7. The third kappa shape index (κ3) is 8.45. The minimum Gasteiger partial charge on any atom is -0.484 e. The van der Waals surface area contributed by atoms with E-state index >= 15 is 0 Å². The first-order valence-corrected chi connectivity index (χ1v) is 12.1. The number of benzene rings is 3. The minimum atomic E-state index is -0.721. The van der Waals surface area contributed by atoms with Gasteiger partial charge in [-0.3, -0.25) is 9.59 Å². The van der Waals surface area contributed by atoms with Crippen molar-refractivity contribution in [2.24, 2.45) is 0 Å². The molecule has 3 aromatic carbocycles. The molecule has 0 aliphatic carbocycles. The van der Waals surface area contributed by atoms with Crippen LogP contribution in [0.25, 0.3) is 0 Å². The van der Waals surface area contributed by atoms with Crippen molar-refractivity contribution in [3.8, 4) is 5.75 Å².